The van der Waals surface area contributed by atoms with Crippen molar-refractivity contribution < 1.29 is 27.7 Å². The molecule has 1 aromatic carbocycles. The summed E-state index contributed by atoms with van der Waals surface area (Å²) in [6.45, 7) is -0.0249. The molecular formula is C20H21N6O8P. The van der Waals surface area contributed by atoms with E-state index in [0.29, 0.717) is 0 Å². The molecule has 3 heterocycles. The first-order valence-corrected chi connectivity index (χ1v) is 12.0. The minimum Gasteiger partial charge on any atom is -0.403 e. The first-order chi connectivity index (χ1) is 16.8. The third-order valence-electron chi connectivity index (χ3n) is 4.72. The number of imidazole rings is 1. The van der Waals surface area contributed by atoms with Crippen molar-refractivity contribution in [1.82, 2.24) is 19.5 Å². The van der Waals surface area contributed by atoms with Crippen molar-refractivity contribution in [3.05, 3.63) is 80.6 Å². The quantitative estimate of drug-likeness (QED) is 0.125. The number of anilines is 1. The number of ether oxygens (including phenoxy) is 1. The average Bonchev–Trinajstić information content (AvgIpc) is 3.48. The minimum absolute atomic E-state index is 0.00207. The molecule has 4 rings (SSSR count). The van der Waals surface area contributed by atoms with Gasteiger partial charge in [-0.3, -0.25) is 29.0 Å². The monoisotopic (exact) mass is 504 g/mol. The van der Waals surface area contributed by atoms with Gasteiger partial charge < -0.3 is 24.0 Å². The van der Waals surface area contributed by atoms with Gasteiger partial charge in [-0.15, -0.1) is 0 Å². The van der Waals surface area contributed by atoms with E-state index in [9.17, 15) is 19.5 Å². The zero-order valence-corrected chi connectivity index (χ0v) is 19.1. The molecule has 0 aliphatic rings. The Labute approximate surface area is 197 Å². The fourth-order valence-corrected chi connectivity index (χ4v) is 4.28. The molecule has 1 unspecified atom stereocenters. The Hall–Kier alpha value is -3.84. The summed E-state index contributed by atoms with van der Waals surface area (Å²) in [5.41, 5.74) is 6.32. The largest absolute Gasteiger partial charge is 0.433 e. The predicted molar refractivity (Wildman–Crippen MR) is 122 cm³/mol. The topological polar surface area (TPSA) is 191 Å². The molecule has 35 heavy (non-hydrogen) atoms. The number of nitrogens with zero attached hydrogens (tertiary/aromatic N) is 4. The van der Waals surface area contributed by atoms with E-state index in [4.69, 9.17) is 23.9 Å². The summed E-state index contributed by atoms with van der Waals surface area (Å²) in [4.78, 5) is 32.5. The van der Waals surface area contributed by atoms with Crippen LogP contribution in [-0.2, 0) is 38.1 Å². The highest BCUT2D eigenvalue weighted by Crippen LogP contribution is 2.49. The maximum absolute atomic E-state index is 13.3. The molecule has 184 valence electrons. The Morgan fingerprint density at radius 1 is 1.17 bits per heavy atom. The molecule has 0 aliphatic heterocycles. The standard InChI is InChI=1S/C20H21N6O8P/c21-20-23-18-17(19(27)24-20)22-12-25(18)8-9-31-13-35(30,32-10-14-4-2-1-3-5-14)33-11-15-6-7-16(34-15)26(28)29/h1-7,12H,8-11,13H2,(H3,21,23,24,27). The fraction of sp³-hybridized carbons (Fsp3) is 0.250. The van der Waals surface area contributed by atoms with Gasteiger partial charge in [0.1, 0.15) is 23.6 Å². The number of benzene rings is 1. The second kappa shape index (κ2) is 10.6. The maximum Gasteiger partial charge on any atom is 0.433 e. The molecular weight excluding hydrogens is 483 g/mol. The number of aromatic nitrogens is 4. The number of aromatic amines is 1. The number of hydrogen-bond donors (Lipinski definition) is 2. The van der Waals surface area contributed by atoms with Crippen LogP contribution in [0.25, 0.3) is 11.2 Å². The molecule has 15 heteroatoms. The lowest BCUT2D eigenvalue weighted by Gasteiger charge is -2.18. The van der Waals surface area contributed by atoms with Crippen molar-refractivity contribution in [2.45, 2.75) is 19.8 Å². The fourth-order valence-electron chi connectivity index (χ4n) is 3.04. The van der Waals surface area contributed by atoms with Crippen molar-refractivity contribution in [2.75, 3.05) is 18.7 Å². The molecule has 4 aromatic rings. The number of nitrogen functional groups attached to an aromatic ring is 1. The van der Waals surface area contributed by atoms with Gasteiger partial charge >= 0.3 is 13.5 Å². The SMILES string of the molecule is Nc1nc2c(ncn2CCOCP(=O)(OCc2ccccc2)OCc2ccc([N+](=O)[O-])o2)c(=O)[nH]1. The zero-order chi connectivity index (χ0) is 24.8. The summed E-state index contributed by atoms with van der Waals surface area (Å²) < 4.78 is 36.5. The zero-order valence-electron chi connectivity index (χ0n) is 18.2. The summed E-state index contributed by atoms with van der Waals surface area (Å²) in [7, 11) is -3.80. The van der Waals surface area contributed by atoms with E-state index in [1.54, 1.807) is 16.7 Å². The number of fused-ring (bicyclic) bond motifs is 1. The highest BCUT2D eigenvalue weighted by atomic mass is 31.2. The van der Waals surface area contributed by atoms with Crippen molar-refractivity contribution in [2.24, 2.45) is 0 Å². The third-order valence-corrected chi connectivity index (χ3v) is 6.26. The Bertz CT molecular complexity index is 1420. The van der Waals surface area contributed by atoms with E-state index in [2.05, 4.69) is 15.0 Å². The van der Waals surface area contributed by atoms with Crippen LogP contribution < -0.4 is 11.3 Å². The molecule has 0 saturated carbocycles. The van der Waals surface area contributed by atoms with E-state index < -0.39 is 30.3 Å². The van der Waals surface area contributed by atoms with Crippen LogP contribution in [0.15, 0.2) is 58.0 Å². The van der Waals surface area contributed by atoms with E-state index in [1.807, 2.05) is 18.2 Å². The average molecular weight is 504 g/mol. The molecule has 0 spiro atoms. The summed E-state index contributed by atoms with van der Waals surface area (Å²) >= 11 is 0. The molecule has 3 N–H and O–H groups in total. The highest BCUT2D eigenvalue weighted by Gasteiger charge is 2.27. The summed E-state index contributed by atoms with van der Waals surface area (Å²) in [5.74, 6) is -0.393. The van der Waals surface area contributed by atoms with Gasteiger partial charge in [0.2, 0.25) is 5.95 Å². The summed E-state index contributed by atoms with van der Waals surface area (Å²) in [6.07, 6.45) is 1.02. The van der Waals surface area contributed by atoms with Crippen LogP contribution in [0, 0.1) is 10.1 Å². The van der Waals surface area contributed by atoms with Crippen molar-refractivity contribution in [3.8, 4) is 0 Å². The number of nitro groups is 1. The maximum atomic E-state index is 13.3. The molecule has 0 radical (unpaired) electrons. The normalized spacial score (nSPS) is 13.1. The smallest absolute Gasteiger partial charge is 0.403 e. The van der Waals surface area contributed by atoms with Crippen LogP contribution in [0.5, 0.6) is 0 Å². The molecule has 3 aromatic heterocycles. The van der Waals surface area contributed by atoms with Gasteiger partial charge in [-0.25, -0.2) is 4.98 Å². The van der Waals surface area contributed by atoms with Gasteiger partial charge in [-0.05, 0) is 11.6 Å². The molecule has 0 fully saturated rings. The molecule has 0 bridgehead atoms. The van der Waals surface area contributed by atoms with Crippen molar-refractivity contribution in [1.29, 1.82) is 0 Å². The first kappa shape index (κ1) is 24.3. The number of rotatable bonds is 12. The molecule has 0 aliphatic carbocycles. The Balaban J connectivity index is 1.39. The van der Waals surface area contributed by atoms with E-state index in [1.165, 1.54) is 18.5 Å². The van der Waals surface area contributed by atoms with Gasteiger partial charge in [-0.2, -0.15) is 4.98 Å². The van der Waals surface area contributed by atoms with E-state index in [0.717, 1.165) is 5.56 Å². The lowest BCUT2D eigenvalue weighted by Crippen LogP contribution is -2.13. The molecule has 0 saturated heterocycles. The summed E-state index contributed by atoms with van der Waals surface area (Å²) in [6, 6.07) is 11.6. The third kappa shape index (κ3) is 6.19. The Morgan fingerprint density at radius 2 is 1.94 bits per heavy atom. The van der Waals surface area contributed by atoms with Crippen LogP contribution in [-0.4, -0.2) is 37.4 Å². The van der Waals surface area contributed by atoms with Gasteiger partial charge in [0.15, 0.2) is 11.2 Å². The Kier molecular flexibility index (Phi) is 7.36. The van der Waals surface area contributed by atoms with Crippen LogP contribution in [0.2, 0.25) is 0 Å². The first-order valence-electron chi connectivity index (χ1n) is 10.3. The van der Waals surface area contributed by atoms with Crippen LogP contribution >= 0.6 is 7.60 Å². The highest BCUT2D eigenvalue weighted by molar-refractivity contribution is 7.53. The van der Waals surface area contributed by atoms with E-state index in [-0.39, 0.29) is 49.2 Å². The molecule has 14 nitrogen and oxygen atoms in total. The Morgan fingerprint density at radius 3 is 2.69 bits per heavy atom. The molecule has 1 atom stereocenters. The van der Waals surface area contributed by atoms with Crippen molar-refractivity contribution >= 4 is 30.6 Å². The minimum atomic E-state index is -3.80. The van der Waals surface area contributed by atoms with Crippen molar-refractivity contribution in [3.63, 3.8) is 0 Å². The predicted octanol–water partition coefficient (Wildman–Crippen LogP) is 2.80. The number of nitrogens with one attached hydrogen (secondary N) is 1. The summed E-state index contributed by atoms with van der Waals surface area (Å²) in [5, 5.41) is 10.8. The lowest BCUT2D eigenvalue weighted by molar-refractivity contribution is -0.402. The van der Waals surface area contributed by atoms with Gasteiger partial charge in [-0.1, -0.05) is 30.3 Å². The van der Waals surface area contributed by atoms with Crippen LogP contribution in [0.4, 0.5) is 11.8 Å². The number of nitrogens with two attached hydrogens (primary N) is 1. The van der Waals surface area contributed by atoms with Gasteiger partial charge in [0, 0.05) is 6.54 Å². The second-order valence-electron chi connectivity index (χ2n) is 7.24. The second-order valence-corrected chi connectivity index (χ2v) is 9.24. The number of furan rings is 1. The number of H-pyrrole nitrogens is 1. The molecule has 0 amide bonds. The van der Waals surface area contributed by atoms with E-state index >= 15 is 0 Å². The van der Waals surface area contributed by atoms with Gasteiger partial charge in [0.05, 0.1) is 25.6 Å². The lowest BCUT2D eigenvalue weighted by atomic mass is 10.2. The number of hydrogen-bond acceptors (Lipinski definition) is 11. The van der Waals surface area contributed by atoms with Gasteiger partial charge in [0.25, 0.3) is 5.56 Å². The van der Waals surface area contributed by atoms with Crippen LogP contribution in [0.1, 0.15) is 11.3 Å². The van der Waals surface area contributed by atoms with Crippen LogP contribution in [0.3, 0.4) is 0 Å².